The minimum Gasteiger partial charge on any atom is -0.466 e. The topological polar surface area (TPSA) is 107 Å². The predicted octanol–water partition coefficient (Wildman–Crippen LogP) is 5.07. The van der Waals surface area contributed by atoms with Crippen LogP contribution in [-0.4, -0.2) is 35.7 Å². The molecule has 3 rings (SSSR count). The quantitative estimate of drug-likeness (QED) is 0.242. The van der Waals surface area contributed by atoms with E-state index in [4.69, 9.17) is 9.26 Å². The van der Waals surface area contributed by atoms with Gasteiger partial charge in [-0.15, -0.1) is 11.3 Å². The van der Waals surface area contributed by atoms with Gasteiger partial charge in [0.05, 0.1) is 24.8 Å². The molecular formula is C25H30N3O5PS. The summed E-state index contributed by atoms with van der Waals surface area (Å²) in [5.74, 6) is -0.295. The summed E-state index contributed by atoms with van der Waals surface area (Å²) in [7, 11) is -3.40. The van der Waals surface area contributed by atoms with Crippen LogP contribution in [0.1, 0.15) is 31.5 Å². The monoisotopic (exact) mass is 515 g/mol. The lowest BCUT2D eigenvalue weighted by Gasteiger charge is -2.25. The van der Waals surface area contributed by atoms with Gasteiger partial charge < -0.3 is 14.6 Å². The van der Waals surface area contributed by atoms with Gasteiger partial charge in [-0.25, -0.2) is 10.1 Å². The molecule has 0 aliphatic heterocycles. The van der Waals surface area contributed by atoms with Crippen LogP contribution in [0.4, 0.5) is 5.13 Å². The van der Waals surface area contributed by atoms with Crippen LogP contribution in [0.5, 0.6) is 5.75 Å². The van der Waals surface area contributed by atoms with Gasteiger partial charge in [0.25, 0.3) is 0 Å². The van der Waals surface area contributed by atoms with Crippen molar-refractivity contribution in [1.82, 2.24) is 10.1 Å². The second kappa shape index (κ2) is 13.2. The van der Waals surface area contributed by atoms with Gasteiger partial charge in [-0.05, 0) is 37.5 Å². The Morgan fingerprint density at radius 3 is 2.40 bits per heavy atom. The molecule has 2 aromatic carbocycles. The highest BCUT2D eigenvalue weighted by molar-refractivity contribution is 7.57. The number of hydrogen-bond donors (Lipinski definition) is 2. The van der Waals surface area contributed by atoms with Crippen LogP contribution in [0.25, 0.3) is 0 Å². The van der Waals surface area contributed by atoms with E-state index in [1.54, 1.807) is 36.6 Å². The fourth-order valence-corrected chi connectivity index (χ4v) is 6.09. The molecule has 0 aliphatic rings. The van der Waals surface area contributed by atoms with Crippen molar-refractivity contribution >= 4 is 35.9 Å². The Kier molecular flexibility index (Phi) is 10.0. The summed E-state index contributed by atoms with van der Waals surface area (Å²) in [5.41, 5.74) is 1.42. The number of amides is 1. The molecular weight excluding hydrogens is 485 g/mol. The maximum Gasteiger partial charge on any atom is 0.317 e. The number of anilines is 1. The van der Waals surface area contributed by atoms with E-state index in [0.717, 1.165) is 5.56 Å². The van der Waals surface area contributed by atoms with E-state index >= 15 is 0 Å². The molecule has 10 heteroatoms. The normalized spacial score (nSPS) is 13.4. The Morgan fingerprint density at radius 2 is 1.74 bits per heavy atom. The van der Waals surface area contributed by atoms with E-state index in [9.17, 15) is 14.2 Å². The number of carbonyl (C=O) groups excluding carboxylic acids is 2. The van der Waals surface area contributed by atoms with Crippen molar-refractivity contribution in [3.63, 3.8) is 0 Å². The molecule has 2 N–H and O–H groups in total. The molecule has 0 aliphatic carbocycles. The number of esters is 1. The second-order valence-electron chi connectivity index (χ2n) is 7.79. The van der Waals surface area contributed by atoms with Crippen LogP contribution in [0.2, 0.25) is 0 Å². The SMILES string of the molecule is CCCP(=O)(NC(Cc1ccccc1)C(=O)Nc1nc(CC(=O)OCC)cs1)Oc1ccccc1. The van der Waals surface area contributed by atoms with Crippen LogP contribution in [-0.2, 0) is 31.7 Å². The number of nitrogens with one attached hydrogen (secondary N) is 2. The molecule has 0 bridgehead atoms. The first-order valence-electron chi connectivity index (χ1n) is 11.5. The van der Waals surface area contributed by atoms with Gasteiger partial charge in [0.15, 0.2) is 5.13 Å². The zero-order chi connectivity index (χ0) is 25.1. The maximum atomic E-state index is 13.7. The summed E-state index contributed by atoms with van der Waals surface area (Å²) < 4.78 is 24.6. The third-order valence-corrected chi connectivity index (χ3v) is 7.93. The van der Waals surface area contributed by atoms with Crippen molar-refractivity contribution in [2.75, 3.05) is 18.1 Å². The lowest BCUT2D eigenvalue weighted by atomic mass is 10.1. The Balaban J connectivity index is 1.78. The summed E-state index contributed by atoms with van der Waals surface area (Å²) in [5, 5.41) is 7.87. The molecule has 2 atom stereocenters. The van der Waals surface area contributed by atoms with Crippen molar-refractivity contribution in [3.8, 4) is 5.75 Å². The van der Waals surface area contributed by atoms with Gasteiger partial charge in [-0.1, -0.05) is 55.5 Å². The average molecular weight is 516 g/mol. The van der Waals surface area contributed by atoms with Crippen molar-refractivity contribution in [2.45, 2.75) is 39.2 Å². The van der Waals surface area contributed by atoms with Gasteiger partial charge in [0, 0.05) is 11.5 Å². The van der Waals surface area contributed by atoms with Crippen molar-refractivity contribution in [2.24, 2.45) is 0 Å². The van der Waals surface area contributed by atoms with E-state index in [1.807, 2.05) is 43.3 Å². The zero-order valence-electron chi connectivity index (χ0n) is 19.8. The number of carbonyl (C=O) groups is 2. The van der Waals surface area contributed by atoms with Crippen LogP contribution in [0, 0.1) is 0 Å². The highest BCUT2D eigenvalue weighted by Crippen LogP contribution is 2.44. The smallest absolute Gasteiger partial charge is 0.317 e. The van der Waals surface area contributed by atoms with Gasteiger partial charge >= 0.3 is 13.5 Å². The molecule has 0 spiro atoms. The Hall–Kier alpha value is -3.00. The van der Waals surface area contributed by atoms with Crippen LogP contribution < -0.4 is 14.9 Å². The molecule has 2 unspecified atom stereocenters. The van der Waals surface area contributed by atoms with Crippen molar-refractivity contribution in [3.05, 3.63) is 77.3 Å². The Labute approximate surface area is 209 Å². The highest BCUT2D eigenvalue weighted by Gasteiger charge is 2.32. The second-order valence-corrected chi connectivity index (χ2v) is 10.9. The molecule has 0 fully saturated rings. The number of nitrogens with zero attached hydrogens (tertiary/aromatic N) is 1. The molecule has 3 aromatic rings. The van der Waals surface area contributed by atoms with Crippen LogP contribution in [0.3, 0.4) is 0 Å². The largest absolute Gasteiger partial charge is 0.466 e. The fraction of sp³-hybridized carbons (Fsp3) is 0.320. The summed E-state index contributed by atoms with van der Waals surface area (Å²) >= 11 is 1.21. The molecule has 35 heavy (non-hydrogen) atoms. The summed E-state index contributed by atoms with van der Waals surface area (Å²) in [6.45, 7) is 3.95. The van der Waals surface area contributed by atoms with E-state index < -0.39 is 13.6 Å². The third kappa shape index (κ3) is 8.62. The molecule has 1 amide bonds. The molecule has 0 radical (unpaired) electrons. The Bertz CT molecular complexity index is 1140. The Morgan fingerprint density at radius 1 is 1.06 bits per heavy atom. The fourth-order valence-electron chi connectivity index (χ4n) is 3.36. The molecule has 1 aromatic heterocycles. The van der Waals surface area contributed by atoms with E-state index in [-0.39, 0.29) is 24.5 Å². The molecule has 8 nitrogen and oxygen atoms in total. The van der Waals surface area contributed by atoms with Gasteiger partial charge in [-0.3, -0.25) is 14.2 Å². The molecule has 1 heterocycles. The average Bonchev–Trinajstić information content (AvgIpc) is 3.26. The number of benzene rings is 2. The molecule has 0 saturated carbocycles. The summed E-state index contributed by atoms with van der Waals surface area (Å²) in [6.07, 6.45) is 1.21. The zero-order valence-corrected chi connectivity index (χ0v) is 21.5. The maximum absolute atomic E-state index is 13.7. The first kappa shape index (κ1) is 26.6. The van der Waals surface area contributed by atoms with Crippen molar-refractivity contribution in [1.29, 1.82) is 0 Å². The van der Waals surface area contributed by atoms with Gasteiger partial charge in [0.1, 0.15) is 5.75 Å². The number of hydrogen-bond acceptors (Lipinski definition) is 7. The number of thiazole rings is 1. The standard InChI is InChI=1S/C25H30N3O5PS/c1-3-15-34(31,33-21-13-9-6-10-14-21)28-22(16-19-11-7-5-8-12-19)24(30)27-25-26-20(18-35-25)17-23(29)32-4-2/h5-14,18,22H,3-4,15-17H2,1-2H3,(H,28,31)(H,26,27,30). The molecule has 186 valence electrons. The third-order valence-electron chi connectivity index (χ3n) is 4.88. The lowest BCUT2D eigenvalue weighted by molar-refractivity contribution is -0.142. The first-order chi connectivity index (χ1) is 16.9. The van der Waals surface area contributed by atoms with Gasteiger partial charge in [0.2, 0.25) is 5.91 Å². The van der Waals surface area contributed by atoms with Gasteiger partial charge in [-0.2, -0.15) is 0 Å². The predicted molar refractivity (Wildman–Crippen MR) is 138 cm³/mol. The number of ether oxygens (including phenoxy) is 1. The van der Waals surface area contributed by atoms with E-state index in [2.05, 4.69) is 15.4 Å². The lowest BCUT2D eigenvalue weighted by Crippen LogP contribution is -2.41. The highest BCUT2D eigenvalue weighted by atomic mass is 32.1. The summed E-state index contributed by atoms with van der Waals surface area (Å²) in [6, 6.07) is 17.6. The minimum atomic E-state index is -3.40. The first-order valence-corrected chi connectivity index (χ1v) is 14.2. The van der Waals surface area contributed by atoms with E-state index in [0.29, 0.717) is 36.0 Å². The summed E-state index contributed by atoms with van der Waals surface area (Å²) in [4.78, 5) is 29.4. The van der Waals surface area contributed by atoms with Crippen LogP contribution >= 0.6 is 18.9 Å². The number of rotatable bonds is 13. The minimum absolute atomic E-state index is 0.0303. The number of aromatic nitrogens is 1. The van der Waals surface area contributed by atoms with Crippen molar-refractivity contribution < 1.29 is 23.4 Å². The van der Waals surface area contributed by atoms with Crippen LogP contribution in [0.15, 0.2) is 66.0 Å². The van der Waals surface area contributed by atoms with E-state index in [1.165, 1.54) is 11.3 Å². The molecule has 0 saturated heterocycles. The number of para-hydroxylation sites is 1.